The van der Waals surface area contributed by atoms with E-state index in [1.807, 2.05) is 49.4 Å². The molecular weight excluding hydrogens is 867 g/mol. The van der Waals surface area contributed by atoms with Crippen LogP contribution in [-0.2, 0) is 25.6 Å². The minimum atomic E-state index is -1.50. The third kappa shape index (κ3) is 15.5. The molecule has 6 unspecified atom stereocenters. The Kier molecular flexibility index (Phi) is 24.2. The fraction of sp³-hybridized carbons (Fsp3) is 0.648. The number of carbonyl (C=O) groups excluding carboxylic acids is 2. The number of ether oxygens (including phenoxy) is 5. The lowest BCUT2D eigenvalue weighted by Gasteiger charge is -2.59. The number of hydrogen-bond donors (Lipinski definition) is 4. The lowest BCUT2D eigenvalue weighted by Crippen LogP contribution is -2.70. The number of amides is 2. The van der Waals surface area contributed by atoms with Gasteiger partial charge in [0.1, 0.15) is 24.1 Å². The van der Waals surface area contributed by atoms with Gasteiger partial charge in [-0.25, -0.2) is 9.59 Å². The molecule has 2 amide bonds. The first-order valence-electron chi connectivity index (χ1n) is 25.7. The highest BCUT2D eigenvalue weighted by molar-refractivity contribution is 6.03. The number of fused-ring (bicyclic) bond motifs is 2. The van der Waals surface area contributed by atoms with Crippen LogP contribution in [0.2, 0.25) is 0 Å². The highest BCUT2D eigenvalue weighted by atomic mass is 16.7. The summed E-state index contributed by atoms with van der Waals surface area (Å²) in [5, 5.41) is 37.1. The maximum Gasteiger partial charge on any atom is 0.412 e. The molecule has 1 saturated carbocycles. The minimum Gasteiger partial charge on any atom is -0.459 e. The van der Waals surface area contributed by atoms with Crippen LogP contribution >= 0.6 is 0 Å². The van der Waals surface area contributed by atoms with Gasteiger partial charge in [-0.3, -0.25) is 4.90 Å². The van der Waals surface area contributed by atoms with Gasteiger partial charge in [-0.15, -0.1) is 6.58 Å². The topological polar surface area (TPSA) is 178 Å². The van der Waals surface area contributed by atoms with Gasteiger partial charge in [0.2, 0.25) is 5.79 Å². The number of aliphatic hydroxyl groups is 3. The molecule has 4 N–H and O–H groups in total. The molecule has 2 aromatic carbocycles. The van der Waals surface area contributed by atoms with Crippen molar-refractivity contribution in [2.24, 2.45) is 22.9 Å². The van der Waals surface area contributed by atoms with Crippen molar-refractivity contribution >= 4 is 17.9 Å². The van der Waals surface area contributed by atoms with Crippen molar-refractivity contribution in [2.45, 2.75) is 147 Å². The first-order valence-corrected chi connectivity index (χ1v) is 25.7. The van der Waals surface area contributed by atoms with Crippen molar-refractivity contribution in [3.05, 3.63) is 84.0 Å². The fourth-order valence-electron chi connectivity index (χ4n) is 10.3. The largest absolute Gasteiger partial charge is 0.459 e. The first kappa shape index (κ1) is 54.5. The summed E-state index contributed by atoms with van der Waals surface area (Å²) < 4.78 is 32.2. The Morgan fingerprint density at radius 3 is 2.28 bits per heavy atom. The van der Waals surface area contributed by atoms with Gasteiger partial charge in [-0.2, -0.15) is 0 Å². The number of allylic oxidation sites excluding steroid dienone is 1. The lowest BCUT2D eigenvalue weighted by atomic mass is 9.55. The van der Waals surface area contributed by atoms with Gasteiger partial charge in [0.15, 0.2) is 0 Å². The quantitative estimate of drug-likeness (QED) is 0.0304. The van der Waals surface area contributed by atoms with E-state index >= 15 is 0 Å². The summed E-state index contributed by atoms with van der Waals surface area (Å²) in [6.45, 7) is 9.42. The Morgan fingerprint density at radius 2 is 1.59 bits per heavy atom. The molecule has 0 spiro atoms. The van der Waals surface area contributed by atoms with Crippen molar-refractivity contribution in [1.82, 2.24) is 10.2 Å². The second kappa shape index (κ2) is 30.2. The average molecular weight is 948 g/mol. The summed E-state index contributed by atoms with van der Waals surface area (Å²) in [4.78, 5) is 35.5. The van der Waals surface area contributed by atoms with Gasteiger partial charge < -0.3 is 49.2 Å². The molecule has 0 radical (unpaired) electrons. The number of nitrogens with zero attached hydrogens (tertiary/aromatic N) is 2. The van der Waals surface area contributed by atoms with Crippen LogP contribution < -0.4 is 14.8 Å². The van der Waals surface area contributed by atoms with E-state index in [4.69, 9.17) is 33.7 Å². The summed E-state index contributed by atoms with van der Waals surface area (Å²) >= 11 is 0. The first-order chi connectivity index (χ1) is 33.3. The average Bonchev–Trinajstić information content (AvgIpc) is 3.35. The third-order valence-corrected chi connectivity index (χ3v) is 13.5. The van der Waals surface area contributed by atoms with Gasteiger partial charge in [-0.1, -0.05) is 125 Å². The van der Waals surface area contributed by atoms with E-state index in [0.29, 0.717) is 43.2 Å². The zero-order chi connectivity index (χ0) is 48.4. The molecule has 14 heteroatoms. The van der Waals surface area contributed by atoms with E-state index in [1.165, 1.54) is 38.5 Å². The molecule has 1 heterocycles. The molecule has 0 aromatic heterocycles. The van der Waals surface area contributed by atoms with Gasteiger partial charge >= 0.3 is 12.2 Å². The molecule has 68 heavy (non-hydrogen) atoms. The fourth-order valence-corrected chi connectivity index (χ4v) is 10.3. The molecule has 0 bridgehead atoms. The van der Waals surface area contributed by atoms with Gasteiger partial charge in [0, 0.05) is 44.2 Å². The molecule has 6 atom stereocenters. The maximum absolute atomic E-state index is 14.7. The molecule has 378 valence electrons. The third-order valence-electron chi connectivity index (χ3n) is 13.5. The van der Waals surface area contributed by atoms with Gasteiger partial charge in [0.05, 0.1) is 44.7 Å². The van der Waals surface area contributed by atoms with Crippen LogP contribution in [0.15, 0.2) is 78.0 Å². The highest BCUT2D eigenvalue weighted by Gasteiger charge is 2.65. The zero-order valence-electron chi connectivity index (χ0n) is 41.0. The van der Waals surface area contributed by atoms with Crippen LogP contribution in [0.1, 0.15) is 140 Å². The number of oxime groups is 1. The van der Waals surface area contributed by atoms with E-state index < -0.39 is 29.9 Å². The second-order valence-corrected chi connectivity index (χ2v) is 18.2. The molecule has 1 aliphatic heterocycles. The number of carbonyl (C=O) groups is 2. The highest BCUT2D eigenvalue weighted by Crippen LogP contribution is 2.62. The van der Waals surface area contributed by atoms with Crippen LogP contribution in [0.4, 0.5) is 9.59 Å². The smallest absolute Gasteiger partial charge is 0.412 e. The van der Waals surface area contributed by atoms with E-state index in [2.05, 4.69) is 24.9 Å². The number of rotatable bonds is 33. The monoisotopic (exact) mass is 948 g/mol. The summed E-state index contributed by atoms with van der Waals surface area (Å²) in [5.74, 6) is -1.51. The van der Waals surface area contributed by atoms with E-state index in [1.54, 1.807) is 17.0 Å². The number of aliphatic hydroxyl groups excluding tert-OH is 3. The predicted molar refractivity (Wildman–Crippen MR) is 264 cm³/mol. The van der Waals surface area contributed by atoms with Crippen molar-refractivity contribution in [3.63, 3.8) is 0 Å². The number of hydrogen-bond acceptors (Lipinski definition) is 12. The lowest BCUT2D eigenvalue weighted by molar-refractivity contribution is -0.256. The normalized spacial score (nSPS) is 22.0. The molecule has 5 rings (SSSR count). The Bertz CT molecular complexity index is 1860. The molecule has 0 saturated heterocycles. The molecule has 2 aliphatic carbocycles. The van der Waals surface area contributed by atoms with Crippen LogP contribution in [0.3, 0.4) is 0 Å². The van der Waals surface area contributed by atoms with Crippen LogP contribution in [-0.4, -0.2) is 109 Å². The van der Waals surface area contributed by atoms with E-state index in [9.17, 15) is 24.9 Å². The Morgan fingerprint density at radius 1 is 0.868 bits per heavy atom. The van der Waals surface area contributed by atoms with Crippen molar-refractivity contribution < 1.29 is 53.4 Å². The van der Waals surface area contributed by atoms with Crippen LogP contribution in [0.5, 0.6) is 11.5 Å². The summed E-state index contributed by atoms with van der Waals surface area (Å²) in [5.41, 5.74) is 3.32. The summed E-state index contributed by atoms with van der Waals surface area (Å²) in [6, 6.07) is 14.2. The van der Waals surface area contributed by atoms with Crippen molar-refractivity contribution in [1.29, 1.82) is 0 Å². The number of unbranched alkanes of at least 4 members (excludes halogenated alkanes) is 11. The number of nitrogens with one attached hydrogen (secondary N) is 1. The Hall–Kier alpha value is -4.47. The van der Waals surface area contributed by atoms with Crippen LogP contribution in [0.25, 0.3) is 0 Å². The Labute approximate surface area is 405 Å². The van der Waals surface area contributed by atoms with Gasteiger partial charge in [-0.05, 0) is 80.2 Å². The van der Waals surface area contributed by atoms with E-state index in [0.717, 1.165) is 68.1 Å². The predicted octanol–water partition coefficient (Wildman–Crippen LogP) is 10.00. The van der Waals surface area contributed by atoms with Crippen molar-refractivity contribution in [3.8, 4) is 11.5 Å². The summed E-state index contributed by atoms with van der Waals surface area (Å²) in [7, 11) is 0. The molecule has 2 aromatic rings. The Balaban J connectivity index is 1.57. The summed E-state index contributed by atoms with van der Waals surface area (Å²) in [6.07, 6.45) is 18.9. The van der Waals surface area contributed by atoms with Crippen molar-refractivity contribution in [2.75, 3.05) is 59.4 Å². The van der Waals surface area contributed by atoms with Crippen LogP contribution in [0, 0.1) is 17.8 Å². The number of benzene rings is 2. The van der Waals surface area contributed by atoms with Gasteiger partial charge in [0.25, 0.3) is 0 Å². The second-order valence-electron chi connectivity index (χ2n) is 18.2. The standard InChI is InChI=1S/C54H81N3O11/c1-4-7-8-9-10-11-12-13-14-22-34-64-53(62)57(29-35-63-36-32-60)49-39-47(56-66-6-3)45-37-42(25-18-20-30-58)44(26-19-21-31-59)50-46-38-43(67-52(61)55-40-41-23-16-15-17-24-41)27-28-48(46)68-54(49,51(45)50)65-33-5-2/h5,15-17,23-24,27-28,37-38,42,44,49-51,58-60H,2,4,6-14,18-22,25-26,29-36,39-40H2,1,3H3,(H,55,61). The molecular formula is C54H81N3O11. The molecule has 3 aliphatic rings. The molecule has 1 fully saturated rings. The zero-order valence-corrected chi connectivity index (χ0v) is 41.0. The maximum atomic E-state index is 14.7. The molecule has 14 nitrogen and oxygen atoms in total. The van der Waals surface area contributed by atoms with E-state index in [-0.39, 0.29) is 77.0 Å². The SMILES string of the molecule is C=CCOC12Oc3ccc(OC(=O)NCc4ccccc4)cc3C3C(CCCCO)C(CCCCO)C=C(C(=NOCC)CC1N(CCOCCO)C(=O)OCCCCCCCCCCCC)C32. The minimum absolute atomic E-state index is 0.0238.